The van der Waals surface area contributed by atoms with Crippen LogP contribution >= 0.6 is 31.9 Å². The highest BCUT2D eigenvalue weighted by Crippen LogP contribution is 2.28. The van der Waals surface area contributed by atoms with E-state index in [1.54, 1.807) is 103 Å². The number of nitrogens with one attached hydrogen (secondary N) is 1. The van der Waals surface area contributed by atoms with Gasteiger partial charge in [-0.2, -0.15) is 0 Å². The molecule has 0 unspecified atom stereocenters. The summed E-state index contributed by atoms with van der Waals surface area (Å²) >= 11 is 6.59. The van der Waals surface area contributed by atoms with E-state index in [0.717, 1.165) is 70.2 Å². The molecule has 109 heavy (non-hydrogen) atoms. The molecule has 14 aromatic heterocycles. The van der Waals surface area contributed by atoms with Crippen LogP contribution in [0, 0.1) is 13.8 Å². The van der Waals surface area contributed by atoms with Crippen molar-refractivity contribution in [1.82, 2.24) is 66.2 Å². The second-order valence-corrected chi connectivity index (χ2v) is 26.9. The molecule has 0 saturated carbocycles. The van der Waals surface area contributed by atoms with Crippen LogP contribution in [0.4, 0.5) is 9.59 Å². The zero-order valence-electron chi connectivity index (χ0n) is 61.9. The molecular formula is C78H80BBr2N14O14. The lowest BCUT2D eigenvalue weighted by Crippen LogP contribution is -2.27. The normalized spacial score (nSPS) is 10.9. The first-order chi connectivity index (χ1) is 52.2. The van der Waals surface area contributed by atoms with Crippen molar-refractivity contribution in [3.8, 4) is 45.5 Å². The van der Waals surface area contributed by atoms with Gasteiger partial charge in [0.15, 0.2) is 28.7 Å². The zero-order chi connectivity index (χ0) is 78.5. The number of esters is 4. The molecule has 0 aliphatic carbocycles. The Bertz CT molecular complexity index is 5430. The van der Waals surface area contributed by atoms with E-state index in [2.05, 4.69) is 66.7 Å². The van der Waals surface area contributed by atoms with Crippen molar-refractivity contribution in [2.45, 2.75) is 94.3 Å². The van der Waals surface area contributed by atoms with Gasteiger partial charge in [-0.15, -0.1) is 0 Å². The average molecular weight is 1610 g/mol. The lowest BCUT2D eigenvalue weighted by atomic mass is 10.2. The number of pyridine rings is 6. The second kappa shape index (κ2) is 37.4. The van der Waals surface area contributed by atoms with Gasteiger partial charge in [-0.3, -0.25) is 22.2 Å². The Hall–Kier alpha value is -12.2. The summed E-state index contributed by atoms with van der Waals surface area (Å²) in [6.45, 7) is 23.1. The van der Waals surface area contributed by atoms with Crippen molar-refractivity contribution in [2.24, 2.45) is 0 Å². The quantitative estimate of drug-likeness (QED) is 0.0442. The van der Waals surface area contributed by atoms with Crippen molar-refractivity contribution < 1.29 is 66.9 Å². The SMILES string of the molecule is CC(C)(C)OC(=O)n1cccc1O[B]O.CCOC(=O)c1cnc2ccc(-c3ccc[nH]3)cn12.CCOC(=O)c1cnc2ccc(-c3cccn3-c3cccc(C)n3)cn12.CCOC(=O)c1cnc2ccc(-c3cccn3C(=O)OC(C)(C)C)cn12.CCOC(=O)c1cnc2ccc(Br)cn12.Cc1cccc(Br)n1. The first kappa shape index (κ1) is 80.9. The number of imidazole rings is 4. The predicted octanol–water partition coefficient (Wildman–Crippen LogP) is 15.5. The van der Waals surface area contributed by atoms with Crippen molar-refractivity contribution in [2.75, 3.05) is 26.4 Å². The fraction of sp³-hybridized carbons (Fsp3) is 0.231. The first-order valence-electron chi connectivity index (χ1n) is 34.2. The molecule has 0 atom stereocenters. The van der Waals surface area contributed by atoms with Gasteiger partial charge in [0.1, 0.15) is 44.2 Å². The fourth-order valence-corrected chi connectivity index (χ4v) is 11.1. The maximum absolute atomic E-state index is 12.4. The number of carbonyl (C=O) groups excluding carboxylic acids is 6. The third-order valence-electron chi connectivity index (χ3n) is 15.0. The maximum atomic E-state index is 12.4. The molecule has 28 nitrogen and oxygen atoms in total. The van der Waals surface area contributed by atoms with Gasteiger partial charge in [-0.05, 0) is 236 Å². The summed E-state index contributed by atoms with van der Waals surface area (Å²) in [5, 5.41) is 8.46. The van der Waals surface area contributed by atoms with E-state index >= 15 is 0 Å². The van der Waals surface area contributed by atoms with Crippen LogP contribution in [0.5, 0.6) is 5.88 Å². The first-order valence-corrected chi connectivity index (χ1v) is 35.8. The Labute approximate surface area is 644 Å². The van der Waals surface area contributed by atoms with E-state index in [-0.39, 0.29) is 30.4 Å². The molecule has 0 spiro atoms. The molecule has 0 aromatic carbocycles. The van der Waals surface area contributed by atoms with Gasteiger partial charge in [-0.25, -0.2) is 63.2 Å². The number of aromatic nitrogens is 14. The number of aromatic amines is 1. The molecule has 0 saturated heterocycles. The number of hydrogen-bond donors (Lipinski definition) is 2. The molecule has 0 aliphatic rings. The number of halogens is 2. The Kier molecular flexibility index (Phi) is 27.7. The van der Waals surface area contributed by atoms with E-state index in [0.29, 0.717) is 67.3 Å². The Morgan fingerprint density at radius 2 is 0.881 bits per heavy atom. The number of rotatable bonds is 14. The minimum atomic E-state index is -0.593. The van der Waals surface area contributed by atoms with Gasteiger partial charge in [0.05, 0.1) is 62.6 Å². The van der Waals surface area contributed by atoms with Gasteiger partial charge in [-0.1, -0.05) is 12.1 Å². The number of H-pyrrole nitrogens is 1. The summed E-state index contributed by atoms with van der Waals surface area (Å²) in [5.74, 6) is -0.498. The smallest absolute Gasteiger partial charge is 0.524 e. The average Bonchev–Trinajstić information content (AvgIpc) is 1.67. The highest BCUT2D eigenvalue weighted by atomic mass is 79.9. The highest BCUT2D eigenvalue weighted by molar-refractivity contribution is 9.10. The monoisotopic (exact) mass is 1610 g/mol. The summed E-state index contributed by atoms with van der Waals surface area (Å²) in [4.78, 5) is 100. The van der Waals surface area contributed by atoms with Gasteiger partial charge >= 0.3 is 43.7 Å². The summed E-state index contributed by atoms with van der Waals surface area (Å²) in [6.07, 6.45) is 19.3. The lowest BCUT2D eigenvalue weighted by Gasteiger charge is -2.20. The van der Waals surface area contributed by atoms with Gasteiger partial charge < -0.3 is 47.7 Å². The molecule has 0 bridgehead atoms. The van der Waals surface area contributed by atoms with Crippen LogP contribution in [-0.4, -0.2) is 153 Å². The van der Waals surface area contributed by atoms with Crippen LogP contribution in [0.3, 0.4) is 0 Å². The van der Waals surface area contributed by atoms with E-state index in [9.17, 15) is 28.8 Å². The molecule has 0 fully saturated rings. The molecule has 563 valence electrons. The number of carbonyl (C=O) groups is 6. The van der Waals surface area contributed by atoms with E-state index < -0.39 is 29.4 Å². The van der Waals surface area contributed by atoms with Crippen LogP contribution in [0.2, 0.25) is 0 Å². The number of ether oxygens (including phenoxy) is 6. The van der Waals surface area contributed by atoms with Crippen LogP contribution in [-0.2, 0) is 28.4 Å². The molecule has 2 N–H and O–H groups in total. The van der Waals surface area contributed by atoms with E-state index in [1.807, 2.05) is 173 Å². The highest BCUT2D eigenvalue weighted by Gasteiger charge is 2.24. The summed E-state index contributed by atoms with van der Waals surface area (Å²) in [6, 6.07) is 41.4. The van der Waals surface area contributed by atoms with Crippen molar-refractivity contribution in [1.29, 1.82) is 0 Å². The zero-order valence-corrected chi connectivity index (χ0v) is 65.0. The molecule has 14 rings (SSSR count). The van der Waals surface area contributed by atoms with Crippen molar-refractivity contribution in [3.63, 3.8) is 0 Å². The van der Waals surface area contributed by atoms with Crippen molar-refractivity contribution >= 4 is 98.2 Å². The van der Waals surface area contributed by atoms with Crippen LogP contribution in [0.15, 0.2) is 217 Å². The molecular weight excluding hydrogens is 1530 g/mol. The number of nitrogens with zero attached hydrogens (tertiary/aromatic N) is 13. The summed E-state index contributed by atoms with van der Waals surface area (Å²) in [7, 11) is 0.510. The van der Waals surface area contributed by atoms with Crippen LogP contribution in [0.25, 0.3) is 62.2 Å². The fourth-order valence-electron chi connectivity index (χ4n) is 10.3. The molecule has 0 amide bonds. The molecule has 14 heterocycles. The van der Waals surface area contributed by atoms with Gasteiger partial charge in [0.2, 0.25) is 0 Å². The molecule has 14 aromatic rings. The molecule has 31 heteroatoms. The minimum Gasteiger partial charge on any atom is -0.524 e. The number of aryl methyl sites for hydroxylation is 2. The Balaban J connectivity index is 0.000000156. The number of hydrogen-bond acceptors (Lipinski definition) is 20. The molecule has 0 aliphatic heterocycles. The lowest BCUT2D eigenvalue weighted by molar-refractivity contribution is 0.0508. The predicted molar refractivity (Wildman–Crippen MR) is 416 cm³/mol. The third kappa shape index (κ3) is 21.5. The van der Waals surface area contributed by atoms with E-state index in [1.165, 1.54) is 41.6 Å². The minimum absolute atomic E-state index is 0.201. The maximum Gasteiger partial charge on any atom is 0.570 e. The Morgan fingerprint density at radius 3 is 1.33 bits per heavy atom. The second-order valence-electron chi connectivity index (χ2n) is 25.2. The van der Waals surface area contributed by atoms with Crippen LogP contribution < -0.4 is 4.65 Å². The topological polar surface area (TPSA) is 313 Å². The van der Waals surface area contributed by atoms with E-state index in [4.69, 9.17) is 38.1 Å². The third-order valence-corrected chi connectivity index (χ3v) is 15.9. The largest absolute Gasteiger partial charge is 0.570 e. The number of fused-ring (bicyclic) bond motifs is 4. The Morgan fingerprint density at radius 1 is 0.459 bits per heavy atom. The van der Waals surface area contributed by atoms with Crippen molar-refractivity contribution in [3.05, 3.63) is 251 Å². The molecule has 1 radical (unpaired) electrons. The van der Waals surface area contributed by atoms with Gasteiger partial charge in [0.25, 0.3) is 0 Å². The standard InChI is InChI=1S/C20H18N4O2.C19H21N3O4.C14H13N3O2.C10H9BrN2O2.C9H13BNO4.C6H6BrN/c1-3-26-20(25)17-12-21-18-10-9-15(13-24(17)18)16-7-5-11-23(16)19-8-4-6-14(2)22-19;1-5-25-17(23)15-11-20-16-9-8-13(12-22(15)16)14-7-6-10-21(14)18(24)26-19(2,3)4;1-2-19-14(18)12-8-16-13-6-5-10(9-17(12)13)11-4-3-7-15-11;1-2-15-10(14)8-5-12-9-4-3-7(11)6-13(8)9;1-9(2,3)14-8(12)11-6-4-5-7(11)15-10-13;1-5-3-2-4-6(7)8-5/h4-13H,3H2,1-2H3;6-12H,5H2,1-4H3;3-9,15H,2H2,1H3;3-6H,2H2,1H3;4-6,13H,1-3H3;2-4H,1H3. The summed E-state index contributed by atoms with van der Waals surface area (Å²) < 4.78 is 48.6. The summed E-state index contributed by atoms with van der Waals surface area (Å²) in [5.41, 5.74) is 10.5. The van der Waals surface area contributed by atoms with Crippen LogP contribution in [0.1, 0.15) is 123 Å². The van der Waals surface area contributed by atoms with Gasteiger partial charge in [0, 0.05) is 87.8 Å².